The molecule has 0 aliphatic carbocycles. The quantitative estimate of drug-likeness (QED) is 0.769. The lowest BCUT2D eigenvalue weighted by Crippen LogP contribution is -2.50. The van der Waals surface area contributed by atoms with Gasteiger partial charge in [-0.2, -0.15) is 0 Å². The first kappa shape index (κ1) is 17.1. The van der Waals surface area contributed by atoms with Crippen molar-refractivity contribution in [1.82, 2.24) is 9.80 Å². The molecule has 2 aliphatic rings. The smallest absolute Gasteiger partial charge is 0.246 e. The molecule has 3 heterocycles. The molecule has 2 saturated heterocycles. The van der Waals surface area contributed by atoms with Gasteiger partial charge in [-0.15, -0.1) is 11.8 Å². The highest BCUT2D eigenvalue weighted by Gasteiger charge is 2.40. The van der Waals surface area contributed by atoms with Crippen LogP contribution < -0.4 is 0 Å². The van der Waals surface area contributed by atoms with Gasteiger partial charge in [0.15, 0.2) is 0 Å². The Bertz CT molecular complexity index is 816. The fourth-order valence-electron chi connectivity index (χ4n) is 3.69. The van der Waals surface area contributed by atoms with Crippen LogP contribution in [-0.4, -0.2) is 58.2 Å². The van der Waals surface area contributed by atoms with E-state index in [0.29, 0.717) is 30.4 Å². The van der Waals surface area contributed by atoms with Crippen LogP contribution in [0, 0.1) is 0 Å². The summed E-state index contributed by atoms with van der Waals surface area (Å²) in [5.74, 6) is 1.55. The number of carbonyl (C=O) groups is 3. The second kappa shape index (κ2) is 7.15. The molecule has 0 N–H and O–H groups in total. The van der Waals surface area contributed by atoms with E-state index in [0.717, 1.165) is 23.7 Å². The summed E-state index contributed by atoms with van der Waals surface area (Å²) in [5, 5.41) is 0.965. The molecule has 0 saturated carbocycles. The van der Waals surface area contributed by atoms with Crippen molar-refractivity contribution in [3.8, 4) is 0 Å². The Balaban J connectivity index is 1.47. The minimum absolute atomic E-state index is 0.102. The summed E-state index contributed by atoms with van der Waals surface area (Å²) in [6.45, 7) is 0.572. The number of carbonyl (C=O) groups excluding carboxylic acids is 3. The highest BCUT2D eigenvalue weighted by molar-refractivity contribution is 7.99. The third-order valence-corrected chi connectivity index (χ3v) is 6.06. The second-order valence-electron chi connectivity index (χ2n) is 6.68. The standard InChI is InChI=1S/C19H20N2O4S/c22-10-14-11-26-12-21(14)19(24)16-5-3-7-20(16)18(23)9-15-8-13-4-1-2-6-17(13)25-15/h1-2,4,6,8,10,14,16H,3,5,7,9,11-12H2/t14-,16+/m1/s1. The average Bonchev–Trinajstić information content (AvgIpc) is 3.38. The maximum absolute atomic E-state index is 12.9. The molecular formula is C19H20N2O4S. The highest BCUT2D eigenvalue weighted by Crippen LogP contribution is 2.27. The molecule has 0 radical (unpaired) electrons. The highest BCUT2D eigenvalue weighted by atomic mass is 32.2. The van der Waals surface area contributed by atoms with Crippen molar-refractivity contribution >= 4 is 40.8 Å². The van der Waals surface area contributed by atoms with E-state index >= 15 is 0 Å². The first-order valence-corrected chi connectivity index (χ1v) is 9.93. The molecule has 0 bridgehead atoms. The Kier molecular flexibility index (Phi) is 4.72. The molecule has 2 amide bonds. The van der Waals surface area contributed by atoms with E-state index in [1.807, 2.05) is 30.3 Å². The van der Waals surface area contributed by atoms with E-state index in [-0.39, 0.29) is 24.3 Å². The number of amides is 2. The molecule has 1 aromatic carbocycles. The molecule has 2 aromatic rings. The molecule has 6 nitrogen and oxygen atoms in total. The van der Waals surface area contributed by atoms with Crippen molar-refractivity contribution in [3.05, 3.63) is 36.1 Å². The number of benzene rings is 1. The van der Waals surface area contributed by atoms with E-state index in [1.54, 1.807) is 21.6 Å². The molecule has 0 unspecified atom stereocenters. The number of furan rings is 1. The number of hydrogen-bond donors (Lipinski definition) is 0. The first-order valence-electron chi connectivity index (χ1n) is 8.78. The number of hydrogen-bond acceptors (Lipinski definition) is 5. The Morgan fingerprint density at radius 1 is 1.27 bits per heavy atom. The Morgan fingerprint density at radius 3 is 2.92 bits per heavy atom. The van der Waals surface area contributed by atoms with Crippen molar-refractivity contribution in [1.29, 1.82) is 0 Å². The summed E-state index contributed by atoms with van der Waals surface area (Å²) in [4.78, 5) is 40.1. The van der Waals surface area contributed by atoms with Gasteiger partial charge in [-0.1, -0.05) is 18.2 Å². The number of aldehydes is 1. The van der Waals surface area contributed by atoms with Crippen LogP contribution in [0.25, 0.3) is 11.0 Å². The zero-order valence-electron chi connectivity index (χ0n) is 14.3. The van der Waals surface area contributed by atoms with Gasteiger partial charge in [0.1, 0.15) is 23.7 Å². The predicted molar refractivity (Wildman–Crippen MR) is 98.7 cm³/mol. The maximum Gasteiger partial charge on any atom is 0.246 e. The van der Waals surface area contributed by atoms with Crippen molar-refractivity contribution in [2.75, 3.05) is 18.2 Å². The van der Waals surface area contributed by atoms with E-state index in [2.05, 4.69) is 0 Å². The van der Waals surface area contributed by atoms with Gasteiger partial charge in [0.2, 0.25) is 11.8 Å². The number of thioether (sulfide) groups is 1. The zero-order chi connectivity index (χ0) is 18.1. The molecule has 2 aliphatic heterocycles. The lowest BCUT2D eigenvalue weighted by Gasteiger charge is -2.29. The number of nitrogens with zero attached hydrogens (tertiary/aromatic N) is 2. The Labute approximate surface area is 155 Å². The van der Waals surface area contributed by atoms with Crippen molar-refractivity contribution in [3.63, 3.8) is 0 Å². The van der Waals surface area contributed by atoms with Crippen molar-refractivity contribution in [2.24, 2.45) is 0 Å². The molecule has 2 fully saturated rings. The summed E-state index contributed by atoms with van der Waals surface area (Å²) in [6, 6.07) is 8.67. The average molecular weight is 372 g/mol. The summed E-state index contributed by atoms with van der Waals surface area (Å²) >= 11 is 1.57. The van der Waals surface area contributed by atoms with E-state index in [4.69, 9.17) is 4.42 Å². The van der Waals surface area contributed by atoms with Gasteiger partial charge in [-0.25, -0.2) is 0 Å². The van der Waals surface area contributed by atoms with Crippen LogP contribution in [0.15, 0.2) is 34.7 Å². The van der Waals surface area contributed by atoms with Gasteiger partial charge in [0, 0.05) is 17.7 Å². The monoisotopic (exact) mass is 372 g/mol. The minimum atomic E-state index is -0.465. The van der Waals surface area contributed by atoms with E-state index in [1.165, 1.54) is 0 Å². The molecule has 0 spiro atoms. The molecule has 1 aromatic heterocycles. The van der Waals surface area contributed by atoms with Crippen LogP contribution in [0.3, 0.4) is 0 Å². The summed E-state index contributed by atoms with van der Waals surface area (Å²) in [7, 11) is 0. The zero-order valence-corrected chi connectivity index (χ0v) is 15.1. The van der Waals surface area contributed by atoms with Crippen LogP contribution in [0.4, 0.5) is 0 Å². The van der Waals surface area contributed by atoms with Crippen LogP contribution in [0.2, 0.25) is 0 Å². The molecule has 7 heteroatoms. The molecular weight excluding hydrogens is 352 g/mol. The largest absolute Gasteiger partial charge is 0.461 e. The lowest BCUT2D eigenvalue weighted by molar-refractivity contribution is -0.144. The third kappa shape index (κ3) is 3.11. The summed E-state index contributed by atoms with van der Waals surface area (Å²) in [5.41, 5.74) is 0.757. The van der Waals surface area contributed by atoms with Gasteiger partial charge < -0.3 is 19.0 Å². The van der Waals surface area contributed by atoms with Gasteiger partial charge in [-0.05, 0) is 25.0 Å². The van der Waals surface area contributed by atoms with E-state index in [9.17, 15) is 14.4 Å². The molecule has 2 atom stereocenters. The number of fused-ring (bicyclic) bond motifs is 1. The SMILES string of the molecule is O=C[C@@H]1CSCN1C(=O)[C@@H]1CCCN1C(=O)Cc1cc2ccccc2o1. The fraction of sp³-hybridized carbons (Fsp3) is 0.421. The predicted octanol–water partition coefficient (Wildman–Crippen LogP) is 2.07. The number of rotatable bonds is 4. The topological polar surface area (TPSA) is 70.8 Å². The lowest BCUT2D eigenvalue weighted by atomic mass is 10.1. The van der Waals surface area contributed by atoms with Crippen LogP contribution in [0.1, 0.15) is 18.6 Å². The van der Waals surface area contributed by atoms with Crippen molar-refractivity contribution < 1.29 is 18.8 Å². The number of likely N-dealkylation sites (tertiary alicyclic amines) is 1. The van der Waals surface area contributed by atoms with Crippen LogP contribution >= 0.6 is 11.8 Å². The summed E-state index contributed by atoms with van der Waals surface area (Å²) in [6.07, 6.45) is 2.42. The van der Waals surface area contributed by atoms with Gasteiger partial charge in [0.25, 0.3) is 0 Å². The van der Waals surface area contributed by atoms with Gasteiger partial charge in [-0.3, -0.25) is 9.59 Å². The van der Waals surface area contributed by atoms with Crippen LogP contribution in [0.5, 0.6) is 0 Å². The maximum atomic E-state index is 12.9. The normalized spacial score (nSPS) is 22.9. The van der Waals surface area contributed by atoms with Gasteiger partial charge in [0.05, 0.1) is 18.3 Å². The third-order valence-electron chi connectivity index (χ3n) is 5.02. The van der Waals surface area contributed by atoms with Crippen molar-refractivity contribution in [2.45, 2.75) is 31.3 Å². The molecule has 136 valence electrons. The van der Waals surface area contributed by atoms with Gasteiger partial charge >= 0.3 is 0 Å². The van der Waals surface area contributed by atoms with Crippen LogP contribution in [-0.2, 0) is 20.8 Å². The molecule has 4 rings (SSSR count). The molecule has 26 heavy (non-hydrogen) atoms. The Hall–Kier alpha value is -2.28. The minimum Gasteiger partial charge on any atom is -0.461 e. The fourth-order valence-corrected chi connectivity index (χ4v) is 4.81. The second-order valence-corrected chi connectivity index (χ2v) is 7.68. The van der Waals surface area contributed by atoms with E-state index < -0.39 is 6.04 Å². The Morgan fingerprint density at radius 2 is 2.12 bits per heavy atom. The number of para-hydroxylation sites is 1. The first-order chi connectivity index (χ1) is 12.7. The summed E-state index contributed by atoms with van der Waals surface area (Å²) < 4.78 is 5.74.